The van der Waals surface area contributed by atoms with Gasteiger partial charge in [0.25, 0.3) is 0 Å². The highest BCUT2D eigenvalue weighted by Gasteiger charge is 2.46. The van der Waals surface area contributed by atoms with Crippen LogP contribution in [0, 0.1) is 0 Å². The number of methoxy groups -OCH3 is 1. The van der Waals surface area contributed by atoms with E-state index in [4.69, 9.17) is 14.2 Å². The van der Waals surface area contributed by atoms with Crippen molar-refractivity contribution in [2.24, 2.45) is 0 Å². The van der Waals surface area contributed by atoms with Crippen LogP contribution in [0.2, 0.25) is 24.2 Å². The van der Waals surface area contributed by atoms with Gasteiger partial charge in [0.2, 0.25) is 0 Å². The normalized spacial score (nSPS) is 13.2. The van der Waals surface area contributed by atoms with Crippen LogP contribution < -0.4 is 0 Å². The molecule has 2 amide bonds. The summed E-state index contributed by atoms with van der Waals surface area (Å²) in [6.07, 6.45) is 4.68. The first-order chi connectivity index (χ1) is 15.6. The summed E-state index contributed by atoms with van der Waals surface area (Å²) in [5, 5.41) is 0. The lowest BCUT2D eigenvalue weighted by Gasteiger charge is -2.38. The Morgan fingerprint density at radius 3 is 1.35 bits per heavy atom. The molecule has 200 valence electrons. The molecule has 8 heteroatoms. The Bertz CT molecular complexity index is 588. The Balaban J connectivity index is 6.52. The second kappa shape index (κ2) is 14.7. The maximum atomic E-state index is 13.3. The van der Waals surface area contributed by atoms with Gasteiger partial charge in [0.15, 0.2) is 0 Å². The molecular weight excluding hydrogens is 450 g/mol. The Hall–Kier alpha value is -1.57. The van der Waals surface area contributed by atoms with Crippen molar-refractivity contribution in [3.8, 4) is 0 Å². The van der Waals surface area contributed by atoms with E-state index in [9.17, 15) is 14.4 Å². The number of carbonyl (C=O) groups excluding carboxylic acids is 3. The molecule has 0 N–H and O–H groups in total. The minimum absolute atomic E-state index is 0.470. The number of carbonyl (C=O) groups is 3. The molecule has 0 spiro atoms. The van der Waals surface area contributed by atoms with Crippen LogP contribution >= 0.6 is 0 Å². The number of ether oxygens (including phenoxy) is 3. The van der Waals surface area contributed by atoms with E-state index in [1.54, 1.807) is 41.5 Å². The van der Waals surface area contributed by atoms with Gasteiger partial charge in [-0.15, -0.1) is 0 Å². The fraction of sp³-hybridized carbons (Fsp3) is 0.885. The second-order valence-electron chi connectivity index (χ2n) is 11.4. The predicted molar refractivity (Wildman–Crippen MR) is 140 cm³/mol. The molecule has 0 fully saturated rings. The molecule has 0 radical (unpaired) electrons. The molecule has 1 atom stereocenters. The molecule has 0 rings (SSSR count). The molecule has 0 aliphatic rings. The Morgan fingerprint density at radius 1 is 0.735 bits per heavy atom. The highest BCUT2D eigenvalue weighted by atomic mass is 28.3. The van der Waals surface area contributed by atoms with E-state index in [0.29, 0.717) is 6.04 Å². The van der Waals surface area contributed by atoms with Crippen LogP contribution in [0.15, 0.2) is 0 Å². The number of amides is 2. The summed E-state index contributed by atoms with van der Waals surface area (Å²) in [5.74, 6) is -0.599. The van der Waals surface area contributed by atoms with Crippen molar-refractivity contribution in [3.05, 3.63) is 0 Å². The number of hydrogen-bond donors (Lipinski definition) is 0. The van der Waals surface area contributed by atoms with E-state index in [2.05, 4.69) is 20.8 Å². The molecule has 0 saturated carbocycles. The first kappa shape index (κ1) is 32.4. The van der Waals surface area contributed by atoms with Gasteiger partial charge in [0.1, 0.15) is 17.2 Å². The van der Waals surface area contributed by atoms with Crippen molar-refractivity contribution < 1.29 is 28.6 Å². The van der Waals surface area contributed by atoms with Gasteiger partial charge >= 0.3 is 18.2 Å². The molecule has 34 heavy (non-hydrogen) atoms. The third-order valence-electron chi connectivity index (χ3n) is 5.77. The SMILES string of the molecule is CCCC[Si](CCCC)(CCCC)CC(C(=O)OC)N(C(=O)OC(C)(C)C)C(=O)OC(C)(C)C. The number of imide groups is 1. The molecule has 0 aromatic heterocycles. The van der Waals surface area contributed by atoms with E-state index >= 15 is 0 Å². The Kier molecular flexibility index (Phi) is 14.1. The molecule has 1 unspecified atom stereocenters. The van der Waals surface area contributed by atoms with Crippen LogP contribution in [0.3, 0.4) is 0 Å². The number of nitrogens with zero attached hydrogens (tertiary/aromatic N) is 1. The van der Waals surface area contributed by atoms with Gasteiger partial charge in [0.05, 0.1) is 15.2 Å². The minimum Gasteiger partial charge on any atom is -0.467 e. The average molecular weight is 502 g/mol. The quantitative estimate of drug-likeness (QED) is 0.147. The average Bonchev–Trinajstić information content (AvgIpc) is 2.70. The molecule has 0 bridgehead atoms. The maximum Gasteiger partial charge on any atom is 0.420 e. The number of hydrogen-bond acceptors (Lipinski definition) is 6. The molecule has 7 nitrogen and oxygen atoms in total. The Labute approximate surface area is 209 Å². The molecular formula is C26H51NO6Si. The highest BCUT2D eigenvalue weighted by molar-refractivity contribution is 6.80. The monoisotopic (exact) mass is 501 g/mol. The van der Waals surface area contributed by atoms with Crippen LogP contribution in [-0.4, -0.2) is 55.5 Å². The molecule has 0 aliphatic heterocycles. The molecule has 0 saturated heterocycles. The molecule has 0 aromatic rings. The summed E-state index contributed by atoms with van der Waals surface area (Å²) in [4.78, 5) is 40.6. The van der Waals surface area contributed by atoms with Gasteiger partial charge in [-0.1, -0.05) is 77.4 Å². The lowest BCUT2D eigenvalue weighted by molar-refractivity contribution is -0.146. The van der Waals surface area contributed by atoms with Crippen molar-refractivity contribution >= 4 is 26.2 Å². The fourth-order valence-electron chi connectivity index (χ4n) is 4.11. The van der Waals surface area contributed by atoms with Crippen molar-refractivity contribution in [3.63, 3.8) is 0 Å². The van der Waals surface area contributed by atoms with Crippen molar-refractivity contribution in [2.75, 3.05) is 7.11 Å². The maximum absolute atomic E-state index is 13.3. The van der Waals surface area contributed by atoms with Crippen LogP contribution in [0.1, 0.15) is 101 Å². The standard InChI is InChI=1S/C26H51NO6Si/c1-11-14-17-34(18-15-12-2,19-16-13-3)20-21(22(28)31-10)27(23(29)32-25(4,5)6)24(30)33-26(7,8)9/h21H,11-20H2,1-10H3. The summed E-state index contributed by atoms with van der Waals surface area (Å²) in [7, 11) is -0.734. The zero-order valence-corrected chi connectivity index (χ0v) is 24.5. The molecule has 0 aliphatic carbocycles. The van der Waals surface area contributed by atoms with Crippen molar-refractivity contribution in [1.29, 1.82) is 0 Å². The van der Waals surface area contributed by atoms with E-state index in [1.165, 1.54) is 7.11 Å². The number of rotatable bonds is 13. The first-order valence-electron chi connectivity index (χ1n) is 13.0. The number of unbranched alkanes of at least 4 members (excludes halogenated alkanes) is 3. The summed E-state index contributed by atoms with van der Waals surface area (Å²) in [6.45, 7) is 16.9. The van der Waals surface area contributed by atoms with Crippen LogP contribution in [0.25, 0.3) is 0 Å². The van der Waals surface area contributed by atoms with Crippen molar-refractivity contribution in [2.45, 2.75) is 142 Å². The van der Waals surface area contributed by atoms with Crippen molar-refractivity contribution in [1.82, 2.24) is 4.90 Å². The predicted octanol–water partition coefficient (Wildman–Crippen LogP) is 7.55. The fourth-order valence-corrected chi connectivity index (χ4v) is 9.96. The van der Waals surface area contributed by atoms with Gasteiger partial charge in [-0.05, 0) is 47.6 Å². The second-order valence-corrected chi connectivity index (χ2v) is 16.3. The zero-order chi connectivity index (χ0) is 26.6. The Morgan fingerprint density at radius 2 is 1.09 bits per heavy atom. The topological polar surface area (TPSA) is 82.1 Å². The van der Waals surface area contributed by atoms with Gasteiger partial charge < -0.3 is 14.2 Å². The summed E-state index contributed by atoms with van der Waals surface area (Å²) < 4.78 is 16.3. The summed E-state index contributed by atoms with van der Waals surface area (Å²) >= 11 is 0. The summed E-state index contributed by atoms with van der Waals surface area (Å²) in [6, 6.07) is 2.60. The largest absolute Gasteiger partial charge is 0.467 e. The third kappa shape index (κ3) is 12.2. The lowest BCUT2D eigenvalue weighted by atomic mass is 10.2. The van der Waals surface area contributed by atoms with E-state index < -0.39 is 43.5 Å². The highest BCUT2D eigenvalue weighted by Crippen LogP contribution is 2.35. The molecule has 0 aromatic carbocycles. The molecule has 0 heterocycles. The van der Waals surface area contributed by atoms with Gasteiger partial charge in [-0.25, -0.2) is 14.4 Å². The lowest BCUT2D eigenvalue weighted by Crippen LogP contribution is -2.55. The zero-order valence-electron chi connectivity index (χ0n) is 23.5. The van der Waals surface area contributed by atoms with Crippen LogP contribution in [0.4, 0.5) is 9.59 Å². The van der Waals surface area contributed by atoms with E-state index in [1.807, 2.05) is 0 Å². The summed E-state index contributed by atoms with van der Waals surface area (Å²) in [5.41, 5.74) is -1.67. The van der Waals surface area contributed by atoms with Gasteiger partial charge in [-0.3, -0.25) is 0 Å². The van der Waals surface area contributed by atoms with E-state index in [0.717, 1.165) is 61.6 Å². The third-order valence-corrected chi connectivity index (χ3v) is 11.3. The minimum atomic E-state index is -2.03. The first-order valence-corrected chi connectivity index (χ1v) is 15.8. The van der Waals surface area contributed by atoms with Crippen LogP contribution in [-0.2, 0) is 19.0 Å². The van der Waals surface area contributed by atoms with E-state index in [-0.39, 0.29) is 0 Å². The van der Waals surface area contributed by atoms with Crippen LogP contribution in [0.5, 0.6) is 0 Å². The number of esters is 1. The van der Waals surface area contributed by atoms with Gasteiger partial charge in [0, 0.05) is 0 Å². The van der Waals surface area contributed by atoms with Gasteiger partial charge in [-0.2, -0.15) is 4.90 Å². The smallest absolute Gasteiger partial charge is 0.420 e.